The standard InChI is InChI=1S/C8H16F2N2O2/c9-7(10)6-14-5-3-1-2-4-8(13)12-11/h7H,1-6,11H2,(H,12,13). The van der Waals surface area contributed by atoms with Gasteiger partial charge < -0.3 is 4.74 Å². The zero-order valence-electron chi connectivity index (χ0n) is 7.97. The van der Waals surface area contributed by atoms with Crippen LogP contribution in [0, 0.1) is 0 Å². The Morgan fingerprint density at radius 1 is 1.36 bits per heavy atom. The Kier molecular flexibility index (Phi) is 8.36. The Bertz CT molecular complexity index is 156. The second kappa shape index (κ2) is 8.83. The number of alkyl halides is 2. The molecule has 0 fully saturated rings. The van der Waals surface area contributed by atoms with Gasteiger partial charge >= 0.3 is 0 Å². The lowest BCUT2D eigenvalue weighted by Gasteiger charge is -2.03. The molecule has 0 aromatic heterocycles. The smallest absolute Gasteiger partial charge is 0.261 e. The van der Waals surface area contributed by atoms with E-state index < -0.39 is 13.0 Å². The zero-order valence-corrected chi connectivity index (χ0v) is 7.97. The molecule has 0 aliphatic carbocycles. The van der Waals surface area contributed by atoms with Crippen molar-refractivity contribution >= 4 is 5.91 Å². The highest BCUT2D eigenvalue weighted by atomic mass is 19.3. The van der Waals surface area contributed by atoms with Gasteiger partial charge in [0.2, 0.25) is 5.91 Å². The Labute approximate surface area is 81.8 Å². The average molecular weight is 210 g/mol. The largest absolute Gasteiger partial charge is 0.376 e. The number of hydrogen-bond acceptors (Lipinski definition) is 3. The van der Waals surface area contributed by atoms with E-state index >= 15 is 0 Å². The molecule has 1 amide bonds. The number of hydrogen-bond donors (Lipinski definition) is 2. The number of hydrazine groups is 1. The quantitative estimate of drug-likeness (QED) is 0.270. The number of nitrogens with two attached hydrogens (primary N) is 1. The molecule has 0 radical (unpaired) electrons. The molecule has 0 bridgehead atoms. The monoisotopic (exact) mass is 210 g/mol. The first kappa shape index (κ1) is 13.2. The maximum absolute atomic E-state index is 11.6. The van der Waals surface area contributed by atoms with E-state index in [9.17, 15) is 13.6 Å². The van der Waals surface area contributed by atoms with Crippen molar-refractivity contribution < 1.29 is 18.3 Å². The van der Waals surface area contributed by atoms with Gasteiger partial charge in [-0.3, -0.25) is 10.2 Å². The van der Waals surface area contributed by atoms with Crippen LogP contribution in [0.15, 0.2) is 0 Å². The van der Waals surface area contributed by atoms with E-state index in [-0.39, 0.29) is 5.91 Å². The molecule has 0 saturated heterocycles. The van der Waals surface area contributed by atoms with E-state index in [2.05, 4.69) is 4.74 Å². The molecule has 4 nitrogen and oxygen atoms in total. The fourth-order valence-corrected chi connectivity index (χ4v) is 0.911. The highest BCUT2D eigenvalue weighted by Crippen LogP contribution is 2.01. The number of halogens is 2. The van der Waals surface area contributed by atoms with Crippen molar-refractivity contribution in [2.24, 2.45) is 5.84 Å². The van der Waals surface area contributed by atoms with Crippen molar-refractivity contribution in [3.05, 3.63) is 0 Å². The Morgan fingerprint density at radius 2 is 2.07 bits per heavy atom. The lowest BCUT2D eigenvalue weighted by atomic mass is 10.2. The van der Waals surface area contributed by atoms with Crippen LogP contribution in [-0.2, 0) is 9.53 Å². The van der Waals surface area contributed by atoms with E-state index in [4.69, 9.17) is 5.84 Å². The maximum atomic E-state index is 11.6. The lowest BCUT2D eigenvalue weighted by Crippen LogP contribution is -2.29. The van der Waals surface area contributed by atoms with Crippen molar-refractivity contribution in [2.75, 3.05) is 13.2 Å². The van der Waals surface area contributed by atoms with Crippen LogP contribution in [-0.4, -0.2) is 25.5 Å². The van der Waals surface area contributed by atoms with Crippen molar-refractivity contribution in [1.82, 2.24) is 5.43 Å². The van der Waals surface area contributed by atoms with Crippen molar-refractivity contribution in [1.29, 1.82) is 0 Å². The van der Waals surface area contributed by atoms with E-state index in [1.807, 2.05) is 5.43 Å². The number of carbonyl (C=O) groups is 1. The number of ether oxygens (including phenoxy) is 1. The van der Waals surface area contributed by atoms with Crippen LogP contribution in [0.5, 0.6) is 0 Å². The average Bonchev–Trinajstić information content (AvgIpc) is 2.15. The Morgan fingerprint density at radius 3 is 2.64 bits per heavy atom. The van der Waals surface area contributed by atoms with Gasteiger partial charge in [0.25, 0.3) is 6.43 Å². The lowest BCUT2D eigenvalue weighted by molar-refractivity contribution is -0.121. The molecule has 6 heteroatoms. The molecule has 0 spiro atoms. The number of unbranched alkanes of at least 4 members (excludes halogenated alkanes) is 2. The zero-order chi connectivity index (χ0) is 10.8. The fraction of sp³-hybridized carbons (Fsp3) is 0.875. The number of carbonyl (C=O) groups excluding carboxylic acids is 1. The van der Waals surface area contributed by atoms with Crippen molar-refractivity contribution in [3.63, 3.8) is 0 Å². The predicted octanol–water partition coefficient (Wildman–Crippen LogP) is 0.818. The SMILES string of the molecule is NNC(=O)CCCCCOCC(F)F. The van der Waals surface area contributed by atoms with Gasteiger partial charge in [-0.15, -0.1) is 0 Å². The normalized spacial score (nSPS) is 10.6. The van der Waals surface area contributed by atoms with Crippen LogP contribution in [0.2, 0.25) is 0 Å². The second-order valence-electron chi connectivity index (χ2n) is 2.84. The summed E-state index contributed by atoms with van der Waals surface area (Å²) in [5, 5.41) is 0. The minimum atomic E-state index is -2.40. The molecular weight excluding hydrogens is 194 g/mol. The fourth-order valence-electron chi connectivity index (χ4n) is 0.911. The van der Waals surface area contributed by atoms with Gasteiger partial charge in [-0.1, -0.05) is 6.42 Å². The van der Waals surface area contributed by atoms with Gasteiger partial charge in [0.05, 0.1) is 0 Å². The van der Waals surface area contributed by atoms with Crippen molar-refractivity contribution in [3.8, 4) is 0 Å². The van der Waals surface area contributed by atoms with E-state index in [1.54, 1.807) is 0 Å². The van der Waals surface area contributed by atoms with Crippen LogP contribution in [0.1, 0.15) is 25.7 Å². The predicted molar refractivity (Wildman–Crippen MR) is 47.6 cm³/mol. The van der Waals surface area contributed by atoms with E-state index in [0.29, 0.717) is 25.9 Å². The van der Waals surface area contributed by atoms with Crippen LogP contribution >= 0.6 is 0 Å². The maximum Gasteiger partial charge on any atom is 0.261 e. The third kappa shape index (κ3) is 9.34. The Balaban J connectivity index is 3.03. The highest BCUT2D eigenvalue weighted by molar-refractivity contribution is 5.74. The van der Waals surface area contributed by atoms with Crippen LogP contribution in [0.4, 0.5) is 8.78 Å². The summed E-state index contributed by atoms with van der Waals surface area (Å²) in [6.07, 6.45) is 0.117. The van der Waals surface area contributed by atoms with Gasteiger partial charge in [-0.05, 0) is 12.8 Å². The molecule has 0 aliphatic heterocycles. The van der Waals surface area contributed by atoms with Gasteiger partial charge in [0, 0.05) is 13.0 Å². The van der Waals surface area contributed by atoms with E-state index in [1.165, 1.54) is 0 Å². The molecule has 0 rings (SSSR count). The van der Waals surface area contributed by atoms with Crippen molar-refractivity contribution in [2.45, 2.75) is 32.1 Å². The Hall–Kier alpha value is -0.750. The number of nitrogens with one attached hydrogen (secondary N) is 1. The number of rotatable bonds is 8. The summed E-state index contributed by atoms with van der Waals surface area (Å²) in [6, 6.07) is 0. The molecule has 0 aromatic rings. The third-order valence-electron chi connectivity index (χ3n) is 1.60. The molecule has 3 N–H and O–H groups in total. The minimum absolute atomic E-state index is 0.210. The molecule has 84 valence electrons. The minimum Gasteiger partial charge on any atom is -0.376 e. The van der Waals surface area contributed by atoms with Gasteiger partial charge in [-0.25, -0.2) is 14.6 Å². The molecule has 14 heavy (non-hydrogen) atoms. The molecule has 0 aliphatic rings. The summed E-state index contributed by atoms with van der Waals surface area (Å²) < 4.78 is 27.8. The topological polar surface area (TPSA) is 64.3 Å². The second-order valence-corrected chi connectivity index (χ2v) is 2.84. The molecule has 0 saturated carbocycles. The summed E-state index contributed by atoms with van der Waals surface area (Å²) in [5.74, 6) is 4.65. The van der Waals surface area contributed by atoms with Crippen LogP contribution in [0.3, 0.4) is 0 Å². The highest BCUT2D eigenvalue weighted by Gasteiger charge is 2.01. The molecule has 0 atom stereocenters. The summed E-state index contributed by atoms with van der Waals surface area (Å²) in [5.41, 5.74) is 2.01. The molecule has 0 unspecified atom stereocenters. The first-order valence-corrected chi connectivity index (χ1v) is 4.52. The summed E-state index contributed by atoms with van der Waals surface area (Å²) in [6.45, 7) is -0.197. The van der Waals surface area contributed by atoms with Gasteiger partial charge in [0.1, 0.15) is 6.61 Å². The molecule has 0 aromatic carbocycles. The van der Waals surface area contributed by atoms with Gasteiger partial charge in [-0.2, -0.15) is 0 Å². The van der Waals surface area contributed by atoms with E-state index in [0.717, 1.165) is 6.42 Å². The summed E-state index contributed by atoms with van der Waals surface area (Å²) >= 11 is 0. The molecule has 0 heterocycles. The summed E-state index contributed by atoms with van der Waals surface area (Å²) in [4.78, 5) is 10.6. The third-order valence-corrected chi connectivity index (χ3v) is 1.60. The number of amides is 1. The van der Waals surface area contributed by atoms with Crippen LogP contribution < -0.4 is 11.3 Å². The van der Waals surface area contributed by atoms with Crippen LogP contribution in [0.25, 0.3) is 0 Å². The first-order valence-electron chi connectivity index (χ1n) is 4.52. The summed E-state index contributed by atoms with van der Waals surface area (Å²) in [7, 11) is 0. The van der Waals surface area contributed by atoms with Gasteiger partial charge in [0.15, 0.2) is 0 Å². The first-order chi connectivity index (χ1) is 6.66. The molecular formula is C8H16F2N2O2.